The van der Waals surface area contributed by atoms with Crippen LogP contribution in [-0.4, -0.2) is 26.9 Å². The molecule has 1 aliphatic carbocycles. The van der Waals surface area contributed by atoms with Gasteiger partial charge in [0.25, 0.3) is 15.9 Å². The Morgan fingerprint density at radius 2 is 1.75 bits per heavy atom. The zero-order chi connectivity index (χ0) is 19.6. The number of rotatable bonds is 4. The minimum absolute atomic E-state index is 0.167. The number of sulfonamides is 1. The largest absolute Gasteiger partial charge is 0.349 e. The van der Waals surface area contributed by atoms with Crippen molar-refractivity contribution >= 4 is 21.6 Å². The van der Waals surface area contributed by atoms with Crippen LogP contribution in [0, 0.1) is 0 Å². The van der Waals surface area contributed by atoms with Crippen LogP contribution < -0.4 is 9.62 Å². The Labute approximate surface area is 166 Å². The van der Waals surface area contributed by atoms with E-state index in [4.69, 9.17) is 0 Å². The molecule has 1 aliphatic heterocycles. The van der Waals surface area contributed by atoms with E-state index < -0.39 is 10.0 Å². The van der Waals surface area contributed by atoms with Gasteiger partial charge in [0.1, 0.15) is 0 Å². The molecule has 4 rings (SSSR count). The second-order valence-electron chi connectivity index (χ2n) is 7.65. The summed E-state index contributed by atoms with van der Waals surface area (Å²) < 4.78 is 28.1. The van der Waals surface area contributed by atoms with E-state index in [2.05, 4.69) is 5.32 Å². The fraction of sp³-hybridized carbons (Fsp3) is 0.409. The van der Waals surface area contributed by atoms with E-state index in [1.54, 1.807) is 18.2 Å². The van der Waals surface area contributed by atoms with Gasteiger partial charge in [-0.15, -0.1) is 0 Å². The second-order valence-corrected chi connectivity index (χ2v) is 9.51. The van der Waals surface area contributed by atoms with E-state index in [1.807, 2.05) is 24.3 Å². The lowest BCUT2D eigenvalue weighted by Gasteiger charge is -2.30. The number of nitrogens with one attached hydrogen (secondary N) is 1. The third kappa shape index (κ3) is 3.78. The van der Waals surface area contributed by atoms with E-state index in [-0.39, 0.29) is 16.8 Å². The monoisotopic (exact) mass is 398 g/mol. The second kappa shape index (κ2) is 7.95. The molecule has 2 aromatic carbocycles. The maximum absolute atomic E-state index is 13.3. The van der Waals surface area contributed by atoms with Gasteiger partial charge < -0.3 is 5.32 Å². The van der Waals surface area contributed by atoms with E-state index in [0.717, 1.165) is 49.8 Å². The van der Waals surface area contributed by atoms with Gasteiger partial charge in [0, 0.05) is 18.2 Å². The molecule has 148 valence electrons. The van der Waals surface area contributed by atoms with E-state index >= 15 is 0 Å². The van der Waals surface area contributed by atoms with Crippen LogP contribution in [0.25, 0.3) is 0 Å². The number of hydrogen-bond acceptors (Lipinski definition) is 3. The van der Waals surface area contributed by atoms with E-state index in [0.29, 0.717) is 12.1 Å². The van der Waals surface area contributed by atoms with Gasteiger partial charge in [-0.3, -0.25) is 9.10 Å². The van der Waals surface area contributed by atoms with Gasteiger partial charge >= 0.3 is 0 Å². The van der Waals surface area contributed by atoms with Gasteiger partial charge in [-0.2, -0.15) is 0 Å². The van der Waals surface area contributed by atoms with Crippen LogP contribution in [0.4, 0.5) is 5.69 Å². The van der Waals surface area contributed by atoms with Gasteiger partial charge in [0.2, 0.25) is 0 Å². The highest BCUT2D eigenvalue weighted by molar-refractivity contribution is 7.92. The quantitative estimate of drug-likeness (QED) is 0.850. The Bertz CT molecular complexity index is 965. The molecule has 0 saturated heterocycles. The molecule has 1 amide bonds. The molecule has 0 spiro atoms. The molecule has 1 fully saturated rings. The number of aryl methyl sites for hydroxylation is 1. The Balaban J connectivity index is 1.59. The third-order valence-electron chi connectivity index (χ3n) is 5.69. The average molecular weight is 399 g/mol. The van der Waals surface area contributed by atoms with Crippen LogP contribution in [0.3, 0.4) is 0 Å². The Kier molecular flexibility index (Phi) is 5.40. The van der Waals surface area contributed by atoms with Gasteiger partial charge in [-0.1, -0.05) is 43.5 Å². The molecule has 6 heteroatoms. The molecule has 0 atom stereocenters. The molecule has 2 aromatic rings. The number of benzene rings is 2. The van der Waals surface area contributed by atoms with Crippen LogP contribution in [-0.2, 0) is 16.4 Å². The molecule has 1 heterocycles. The smallest absolute Gasteiger partial charge is 0.264 e. The first-order valence-electron chi connectivity index (χ1n) is 10.1. The van der Waals surface area contributed by atoms with Crippen molar-refractivity contribution in [3.63, 3.8) is 0 Å². The number of para-hydroxylation sites is 1. The van der Waals surface area contributed by atoms with Crippen molar-refractivity contribution in [2.75, 3.05) is 10.8 Å². The molecular formula is C22H26N2O3S. The van der Waals surface area contributed by atoms with Crippen molar-refractivity contribution < 1.29 is 13.2 Å². The number of hydrogen-bond donors (Lipinski definition) is 1. The van der Waals surface area contributed by atoms with Gasteiger partial charge in [-0.05, 0) is 55.5 Å². The normalized spacial score (nSPS) is 17.8. The first-order chi connectivity index (χ1) is 13.6. The average Bonchev–Trinajstić information content (AvgIpc) is 2.74. The van der Waals surface area contributed by atoms with Crippen molar-refractivity contribution in [1.29, 1.82) is 0 Å². The molecule has 1 N–H and O–H groups in total. The van der Waals surface area contributed by atoms with Crippen LogP contribution >= 0.6 is 0 Å². The van der Waals surface area contributed by atoms with Crippen LogP contribution in [0.1, 0.15) is 54.4 Å². The maximum Gasteiger partial charge on any atom is 0.264 e. The van der Waals surface area contributed by atoms with Crippen LogP contribution in [0.15, 0.2) is 53.4 Å². The minimum Gasteiger partial charge on any atom is -0.349 e. The first-order valence-corrected chi connectivity index (χ1v) is 11.5. The highest BCUT2D eigenvalue weighted by Crippen LogP contribution is 2.32. The Morgan fingerprint density at radius 1 is 0.964 bits per heavy atom. The van der Waals surface area contributed by atoms with Crippen LogP contribution in [0.2, 0.25) is 0 Å². The lowest BCUT2D eigenvalue weighted by Crippen LogP contribution is -2.37. The summed E-state index contributed by atoms with van der Waals surface area (Å²) in [7, 11) is -3.71. The van der Waals surface area contributed by atoms with E-state index in [1.165, 1.54) is 16.8 Å². The maximum atomic E-state index is 13.3. The van der Waals surface area contributed by atoms with Crippen LogP contribution in [0.5, 0.6) is 0 Å². The summed E-state index contributed by atoms with van der Waals surface area (Å²) in [6.45, 7) is 0.456. The van der Waals surface area contributed by atoms with Gasteiger partial charge in [0.15, 0.2) is 0 Å². The SMILES string of the molecule is O=C(NC1CCCCC1)c1cccc(S(=O)(=O)N2CCCc3ccccc32)c1. The van der Waals surface area contributed by atoms with Crippen molar-refractivity contribution in [3.8, 4) is 0 Å². The molecule has 2 aliphatic rings. The topological polar surface area (TPSA) is 66.5 Å². The number of carbonyl (C=O) groups is 1. The molecule has 1 saturated carbocycles. The number of anilines is 1. The predicted molar refractivity (Wildman–Crippen MR) is 110 cm³/mol. The molecule has 0 bridgehead atoms. The summed E-state index contributed by atoms with van der Waals surface area (Å²) in [5.74, 6) is -0.192. The number of amides is 1. The zero-order valence-electron chi connectivity index (χ0n) is 15.9. The number of carbonyl (C=O) groups excluding carboxylic acids is 1. The zero-order valence-corrected chi connectivity index (χ0v) is 16.7. The predicted octanol–water partition coefficient (Wildman–Crippen LogP) is 3.89. The first kappa shape index (κ1) is 19.0. The summed E-state index contributed by atoms with van der Waals surface area (Å²) >= 11 is 0. The van der Waals surface area contributed by atoms with Crippen molar-refractivity contribution in [2.24, 2.45) is 0 Å². The lowest BCUT2D eigenvalue weighted by molar-refractivity contribution is 0.0927. The van der Waals surface area contributed by atoms with Gasteiger partial charge in [-0.25, -0.2) is 8.42 Å². The molecular weight excluding hydrogens is 372 g/mol. The highest BCUT2D eigenvalue weighted by Gasteiger charge is 2.29. The number of fused-ring (bicyclic) bond motifs is 1. The third-order valence-corrected chi connectivity index (χ3v) is 7.50. The van der Waals surface area contributed by atoms with Crippen molar-refractivity contribution in [3.05, 3.63) is 59.7 Å². The highest BCUT2D eigenvalue weighted by atomic mass is 32.2. The summed E-state index contributed by atoms with van der Waals surface area (Å²) in [5, 5.41) is 3.06. The molecule has 5 nitrogen and oxygen atoms in total. The van der Waals surface area contributed by atoms with Crippen molar-refractivity contribution in [1.82, 2.24) is 5.32 Å². The Morgan fingerprint density at radius 3 is 2.57 bits per heavy atom. The summed E-state index contributed by atoms with van der Waals surface area (Å²) in [4.78, 5) is 12.8. The van der Waals surface area contributed by atoms with E-state index in [9.17, 15) is 13.2 Å². The lowest BCUT2D eigenvalue weighted by atomic mass is 9.95. The fourth-order valence-electron chi connectivity index (χ4n) is 4.19. The van der Waals surface area contributed by atoms with Gasteiger partial charge in [0.05, 0.1) is 10.6 Å². The Hall–Kier alpha value is -2.34. The summed E-state index contributed by atoms with van der Waals surface area (Å²) in [6, 6.07) is 14.2. The number of nitrogens with zero attached hydrogens (tertiary/aromatic N) is 1. The standard InChI is InChI=1S/C22H26N2O3S/c25-22(23-19-11-2-1-3-12-19)18-9-6-13-20(16-18)28(26,27)24-15-7-10-17-8-4-5-14-21(17)24/h4-6,8-9,13-14,16,19H,1-3,7,10-12,15H2,(H,23,25). The summed E-state index contributed by atoms with van der Waals surface area (Å²) in [5.41, 5.74) is 2.19. The molecule has 0 aromatic heterocycles. The fourth-order valence-corrected chi connectivity index (χ4v) is 5.78. The summed E-state index contributed by atoms with van der Waals surface area (Å²) in [6.07, 6.45) is 7.14. The van der Waals surface area contributed by atoms with Crippen molar-refractivity contribution in [2.45, 2.75) is 55.9 Å². The molecule has 28 heavy (non-hydrogen) atoms. The molecule has 0 radical (unpaired) electrons. The minimum atomic E-state index is -3.71. The molecule has 0 unspecified atom stereocenters.